The summed E-state index contributed by atoms with van der Waals surface area (Å²) in [7, 11) is 0. The number of hydrogen-bond donors (Lipinski definition) is 6. The van der Waals surface area contributed by atoms with Crippen molar-refractivity contribution in [3.05, 3.63) is 0 Å². The number of nitrogens with one attached hydrogen (secondary N) is 3. The summed E-state index contributed by atoms with van der Waals surface area (Å²) in [6, 6.07) is -2.23. The van der Waals surface area contributed by atoms with E-state index < -0.39 is 42.5 Å². The molecule has 0 aliphatic heterocycles. The molecule has 42 nitrogen and oxygen atoms in total. The van der Waals surface area contributed by atoms with E-state index in [1.807, 2.05) is 0 Å². The van der Waals surface area contributed by atoms with Gasteiger partial charge in [-0.05, 0) is 12.8 Å². The van der Waals surface area contributed by atoms with Crippen LogP contribution in [0.15, 0.2) is 0 Å². The number of carbonyl (C=O) groups excluding carboxylic acids is 6. The molecule has 0 rings (SSSR count). The highest BCUT2D eigenvalue weighted by atomic mass is 32.2. The smallest absolute Gasteiger partial charge is 0.306 e. The third-order valence-electron chi connectivity index (χ3n) is 21.2. The Kier molecular flexibility index (Phi) is 121. The first-order valence-electron chi connectivity index (χ1n) is 54.6. The lowest BCUT2D eigenvalue weighted by atomic mass is 10.0. The van der Waals surface area contributed by atoms with Gasteiger partial charge in [-0.3, -0.25) is 28.8 Å². The second kappa shape index (κ2) is 124. The summed E-state index contributed by atoms with van der Waals surface area (Å²) in [5.74, 6) is -2.13. The van der Waals surface area contributed by atoms with Crippen molar-refractivity contribution in [3.8, 4) is 0 Å². The predicted octanol–water partition coefficient (Wildman–Crippen LogP) is 7.90. The molecule has 0 bridgehead atoms. The van der Waals surface area contributed by atoms with E-state index >= 15 is 0 Å². The van der Waals surface area contributed by atoms with Crippen LogP contribution >= 0.6 is 11.8 Å². The summed E-state index contributed by atoms with van der Waals surface area (Å²) in [5.41, 5.74) is 11.2. The first-order chi connectivity index (χ1) is 72.0. The molecule has 0 aromatic heterocycles. The highest BCUT2D eigenvalue weighted by Crippen LogP contribution is 2.18. The number of carbonyl (C=O) groups is 6. The molecule has 0 radical (unpaired) electrons. The number of unbranched alkanes of at least 4 members (excludes halogenated alkanes) is 24. The van der Waals surface area contributed by atoms with Crippen molar-refractivity contribution in [2.24, 2.45) is 11.5 Å². The molecule has 866 valence electrons. The lowest BCUT2D eigenvalue weighted by molar-refractivity contribution is -0.150. The molecule has 0 unspecified atom stereocenters. The summed E-state index contributed by atoms with van der Waals surface area (Å²) in [6.45, 7) is 28.3. The standard InChI is InChI=1S/C103H201N5O37S/c1-3-5-7-9-11-13-15-17-19-21-23-25-27-29-100(112)144-35-31-95(145-101(113)30-28-26-24-22-20-18-16-14-12-10-8-6-4-2)93-146-94-96(104)102(114)108-97(92-109)103(115)106-33-36-117-38-40-119-42-44-121-46-48-123-50-52-125-54-56-127-58-60-129-62-64-131-66-68-133-70-72-135-74-76-137-78-80-139-82-84-141-86-88-143-90-89-142-87-85-140-83-81-138-79-77-136-75-73-134-71-69-132-67-65-130-63-61-128-59-57-126-55-53-124-51-49-122-47-45-120-43-41-118-39-37-116-34-32-99(111)107-91-98(105)110/h95-97,109H,3-94,104H2,1-2H3,(H2,105,110)(H,106,115)(H,107,111)(H,108,114)/t95-,96-,97-/m0/s1. The highest BCUT2D eigenvalue weighted by molar-refractivity contribution is 7.99. The van der Waals surface area contributed by atoms with E-state index in [1.165, 1.54) is 140 Å². The number of rotatable bonds is 129. The molecule has 0 aliphatic rings. The van der Waals surface area contributed by atoms with E-state index in [0.29, 0.717) is 375 Å². The largest absolute Gasteiger partial charge is 0.466 e. The fourth-order valence-corrected chi connectivity index (χ4v) is 14.1. The summed E-state index contributed by atoms with van der Waals surface area (Å²) in [5, 5.41) is 17.6. The van der Waals surface area contributed by atoms with Crippen LogP contribution in [0.5, 0.6) is 0 Å². The minimum atomic E-state index is -1.22. The summed E-state index contributed by atoms with van der Waals surface area (Å²) in [4.78, 5) is 73.8. The van der Waals surface area contributed by atoms with Gasteiger partial charge in [-0.2, -0.15) is 11.8 Å². The van der Waals surface area contributed by atoms with Crippen molar-refractivity contribution >= 4 is 47.3 Å². The van der Waals surface area contributed by atoms with Crippen LogP contribution in [0.3, 0.4) is 0 Å². The highest BCUT2D eigenvalue weighted by Gasteiger charge is 2.25. The van der Waals surface area contributed by atoms with Gasteiger partial charge in [0.1, 0.15) is 12.1 Å². The van der Waals surface area contributed by atoms with Crippen molar-refractivity contribution in [1.82, 2.24) is 16.0 Å². The van der Waals surface area contributed by atoms with E-state index in [1.54, 1.807) is 0 Å². The number of thioether (sulfide) groups is 1. The minimum Gasteiger partial charge on any atom is -0.466 e. The SMILES string of the molecule is CCCCCCCCCCCCCCCC(=O)OCC[C@@H](CSC[C@H](N)C(=O)N[C@@H](CO)C(=O)NCCOCCOCCOCCOCCOCCOCCOCCOCCOCCOCCOCCOCCOCCOCCOCCOCCOCCOCCOCCOCCOCCOCCOCCOCCOCCOCCOCCOCCC(=O)NCC(N)=O)OC(=O)CCCCCCCCCCCCCCC. The molecule has 0 saturated carbocycles. The number of nitrogens with two attached hydrogens (primary N) is 2. The van der Waals surface area contributed by atoms with Crippen LogP contribution in [-0.4, -0.2) is 467 Å². The normalized spacial score (nSPS) is 12.2. The van der Waals surface area contributed by atoms with Gasteiger partial charge in [0, 0.05) is 43.7 Å². The Morgan fingerprint density at radius 2 is 0.473 bits per heavy atom. The Hall–Kier alpha value is -4.03. The van der Waals surface area contributed by atoms with Gasteiger partial charge < -0.3 is 175 Å². The fraction of sp³-hybridized carbons (Fsp3) is 0.942. The molecule has 8 N–H and O–H groups in total. The zero-order valence-corrected chi connectivity index (χ0v) is 90.8. The molecule has 0 spiro atoms. The van der Waals surface area contributed by atoms with E-state index in [2.05, 4.69) is 29.8 Å². The van der Waals surface area contributed by atoms with Crippen molar-refractivity contribution in [1.29, 1.82) is 0 Å². The van der Waals surface area contributed by atoms with Crippen LogP contribution < -0.4 is 27.4 Å². The first kappa shape index (κ1) is 142. The molecule has 43 heteroatoms. The molecule has 0 saturated heterocycles. The van der Waals surface area contributed by atoms with Gasteiger partial charge in [-0.1, -0.05) is 168 Å². The summed E-state index contributed by atoms with van der Waals surface area (Å²) >= 11 is 1.33. The average molecular weight is 2130 g/mol. The van der Waals surface area contributed by atoms with Crippen LogP contribution in [0.1, 0.15) is 206 Å². The fourth-order valence-electron chi connectivity index (χ4n) is 13.1. The molecule has 0 aromatic rings. The van der Waals surface area contributed by atoms with Crippen molar-refractivity contribution < 1.29 is 176 Å². The molecule has 0 aliphatic carbocycles. The third kappa shape index (κ3) is 119. The van der Waals surface area contributed by atoms with Gasteiger partial charge in [-0.25, -0.2) is 0 Å². The summed E-state index contributed by atoms with van der Waals surface area (Å²) in [6.07, 6.45) is 32.2. The lowest BCUT2D eigenvalue weighted by Crippen LogP contribution is -2.54. The number of amides is 4. The zero-order valence-electron chi connectivity index (χ0n) is 90.0. The third-order valence-corrected chi connectivity index (χ3v) is 22.4. The van der Waals surface area contributed by atoms with Gasteiger partial charge in [-0.15, -0.1) is 0 Å². The topological polar surface area (TPSA) is 488 Å². The molecular formula is C103H201N5O37S. The van der Waals surface area contributed by atoms with Crippen LogP contribution in [0.25, 0.3) is 0 Å². The van der Waals surface area contributed by atoms with E-state index in [9.17, 15) is 33.9 Å². The molecule has 4 amide bonds. The maximum Gasteiger partial charge on any atom is 0.306 e. The molecule has 0 fully saturated rings. The number of hydrogen-bond acceptors (Lipinski definition) is 39. The number of esters is 2. The van der Waals surface area contributed by atoms with Crippen LogP contribution in [0.2, 0.25) is 0 Å². The average Bonchev–Trinajstić information content (AvgIpc) is 0.906. The summed E-state index contributed by atoms with van der Waals surface area (Å²) < 4.78 is 166. The lowest BCUT2D eigenvalue weighted by Gasteiger charge is -2.20. The Balaban J connectivity index is 3.55. The molecule has 146 heavy (non-hydrogen) atoms. The Bertz CT molecular complexity index is 2670. The Morgan fingerprint density at radius 1 is 0.253 bits per heavy atom. The van der Waals surface area contributed by atoms with Gasteiger partial charge in [0.15, 0.2) is 0 Å². The Morgan fingerprint density at radius 3 is 0.705 bits per heavy atom. The van der Waals surface area contributed by atoms with Crippen molar-refractivity contribution in [2.45, 2.75) is 225 Å². The van der Waals surface area contributed by atoms with Crippen LogP contribution in [0, 0.1) is 0 Å². The zero-order chi connectivity index (χ0) is 105. The Labute approximate surface area is 879 Å². The van der Waals surface area contributed by atoms with E-state index in [-0.39, 0.29) is 69.5 Å². The quantitative estimate of drug-likeness (QED) is 0.0249. The van der Waals surface area contributed by atoms with Crippen LogP contribution in [0.4, 0.5) is 0 Å². The van der Waals surface area contributed by atoms with Crippen molar-refractivity contribution in [2.75, 3.05) is 408 Å². The second-order valence-electron chi connectivity index (χ2n) is 33.9. The van der Waals surface area contributed by atoms with Gasteiger partial charge in [0.05, 0.1) is 396 Å². The van der Waals surface area contributed by atoms with E-state index in [4.69, 9.17) is 154 Å². The number of aliphatic hydroxyl groups excluding tert-OH is 1. The second-order valence-corrected chi connectivity index (χ2v) is 35.0. The number of aliphatic hydroxyl groups is 1. The number of ether oxygens (including phenoxy) is 30. The monoisotopic (exact) mass is 2130 g/mol. The molecule has 0 aromatic carbocycles. The van der Waals surface area contributed by atoms with Crippen molar-refractivity contribution in [3.63, 3.8) is 0 Å². The predicted molar refractivity (Wildman–Crippen MR) is 553 cm³/mol. The molecule has 0 heterocycles. The minimum absolute atomic E-state index is 0.117. The maximum absolute atomic E-state index is 13.1. The van der Waals surface area contributed by atoms with E-state index in [0.717, 1.165) is 38.5 Å². The first-order valence-corrected chi connectivity index (χ1v) is 55.8. The van der Waals surface area contributed by atoms with Gasteiger partial charge >= 0.3 is 11.9 Å². The molecular weight excluding hydrogens is 1930 g/mol. The van der Waals surface area contributed by atoms with Crippen LogP contribution in [-0.2, 0) is 171 Å². The number of primary amides is 1. The van der Waals surface area contributed by atoms with Gasteiger partial charge in [0.2, 0.25) is 23.6 Å². The van der Waals surface area contributed by atoms with Gasteiger partial charge in [0.25, 0.3) is 0 Å². The maximum atomic E-state index is 13.1. The molecule has 3 atom stereocenters.